The van der Waals surface area contributed by atoms with Crippen LogP contribution in [0.15, 0.2) is 12.1 Å². The number of hydrogen-bond acceptors (Lipinski definition) is 1. The number of benzene rings is 1. The largest absolute Gasteiger partial charge is 0.414 e. The lowest BCUT2D eigenvalue weighted by Crippen LogP contribution is -2.22. The maximum atomic E-state index is 13.3. The van der Waals surface area contributed by atoms with E-state index >= 15 is 0 Å². The number of halogens is 3. The minimum atomic E-state index is -1.15. The van der Waals surface area contributed by atoms with Gasteiger partial charge < -0.3 is 4.43 Å². The van der Waals surface area contributed by atoms with Gasteiger partial charge in [0.1, 0.15) is 5.82 Å². The van der Waals surface area contributed by atoms with E-state index in [1.165, 1.54) is 0 Å². The first-order chi connectivity index (χ1) is 8.35. The lowest BCUT2D eigenvalue weighted by atomic mass is 9.99. The van der Waals surface area contributed by atoms with Gasteiger partial charge in [0.05, 0.1) is 0 Å². The van der Waals surface area contributed by atoms with E-state index in [-0.39, 0.29) is 11.2 Å². The summed E-state index contributed by atoms with van der Waals surface area (Å²) in [5.41, 5.74) is -0.0743. The van der Waals surface area contributed by atoms with Gasteiger partial charge in [-0.05, 0) is 44.7 Å². The van der Waals surface area contributed by atoms with Crippen LogP contribution in [0, 0.1) is 17.5 Å². The predicted molar refractivity (Wildman–Crippen MR) is 64.8 cm³/mol. The molecule has 1 aromatic rings. The Morgan fingerprint density at radius 3 is 2.28 bits per heavy atom. The lowest BCUT2D eigenvalue weighted by molar-refractivity contribution is 0.109. The average molecular weight is 273 g/mol. The molecule has 0 aliphatic heterocycles. The van der Waals surface area contributed by atoms with Gasteiger partial charge in [-0.1, -0.05) is 6.42 Å². The van der Waals surface area contributed by atoms with Crippen LogP contribution in [-0.4, -0.2) is 16.1 Å². The molecule has 0 bridgehead atoms. The van der Waals surface area contributed by atoms with Crippen molar-refractivity contribution in [2.75, 3.05) is 0 Å². The van der Waals surface area contributed by atoms with E-state index in [1.807, 2.05) is 13.8 Å². The maximum Gasteiger partial charge on any atom is 0.246 e. The summed E-state index contributed by atoms with van der Waals surface area (Å²) in [5, 5.41) is 0. The highest BCUT2D eigenvalue weighted by Gasteiger charge is 2.15. The summed E-state index contributed by atoms with van der Waals surface area (Å²) in [4.78, 5) is 0. The van der Waals surface area contributed by atoms with Gasteiger partial charge >= 0.3 is 0 Å². The van der Waals surface area contributed by atoms with Gasteiger partial charge in [0, 0.05) is 11.7 Å². The van der Waals surface area contributed by atoms with Crippen LogP contribution in [0.5, 0.6) is 0 Å². The fourth-order valence-corrected chi connectivity index (χ4v) is 1.77. The van der Waals surface area contributed by atoms with Gasteiger partial charge in [0.15, 0.2) is 11.6 Å². The van der Waals surface area contributed by atoms with Crippen LogP contribution in [0.2, 0.25) is 0 Å². The topological polar surface area (TPSA) is 9.23 Å². The fourth-order valence-electron chi connectivity index (χ4n) is 1.67. The molecule has 0 saturated heterocycles. The zero-order chi connectivity index (χ0) is 13.8. The summed E-state index contributed by atoms with van der Waals surface area (Å²) >= 11 is 0. The van der Waals surface area contributed by atoms with Crippen molar-refractivity contribution in [3.63, 3.8) is 0 Å². The molecular formula is C13H16F3OSi. The Labute approximate surface area is 109 Å². The van der Waals surface area contributed by atoms with Crippen molar-refractivity contribution in [1.29, 1.82) is 0 Å². The van der Waals surface area contributed by atoms with E-state index < -0.39 is 17.5 Å². The summed E-state index contributed by atoms with van der Waals surface area (Å²) in [6, 6.07) is 1.52. The SMILES string of the molecule is CC(C)(CCCCc1cc(F)c(F)cc1F)O[Si]. The molecule has 0 aromatic heterocycles. The Bertz CT molecular complexity index is 407. The first-order valence-electron chi connectivity index (χ1n) is 5.84. The van der Waals surface area contributed by atoms with Crippen LogP contribution in [-0.2, 0) is 10.8 Å². The molecule has 5 heteroatoms. The molecule has 1 aromatic carbocycles. The fraction of sp³-hybridized carbons (Fsp3) is 0.538. The van der Waals surface area contributed by atoms with Gasteiger partial charge in [0.2, 0.25) is 10.5 Å². The second-order valence-electron chi connectivity index (χ2n) is 4.93. The van der Waals surface area contributed by atoms with E-state index in [1.54, 1.807) is 0 Å². The molecule has 0 N–H and O–H groups in total. The Hall–Kier alpha value is -0.813. The van der Waals surface area contributed by atoms with Crippen LogP contribution in [0.3, 0.4) is 0 Å². The summed E-state index contributed by atoms with van der Waals surface area (Å²) in [6.07, 6.45) is 2.69. The molecule has 0 aliphatic carbocycles. The van der Waals surface area contributed by atoms with Crippen molar-refractivity contribution in [3.8, 4) is 0 Å². The van der Waals surface area contributed by atoms with Crippen LogP contribution < -0.4 is 0 Å². The Morgan fingerprint density at radius 1 is 1.06 bits per heavy atom. The number of hydrogen-bond donors (Lipinski definition) is 0. The molecule has 0 fully saturated rings. The zero-order valence-corrected chi connectivity index (χ0v) is 11.5. The molecular weight excluding hydrogens is 257 g/mol. The predicted octanol–water partition coefficient (Wildman–Crippen LogP) is 3.70. The Balaban J connectivity index is 2.47. The molecule has 0 atom stereocenters. The van der Waals surface area contributed by atoms with Crippen molar-refractivity contribution in [3.05, 3.63) is 35.1 Å². The third-order valence-corrected chi connectivity index (χ3v) is 3.39. The summed E-state index contributed by atoms with van der Waals surface area (Å²) in [5.74, 6) is -2.84. The van der Waals surface area contributed by atoms with Crippen LogP contribution in [0.1, 0.15) is 38.7 Å². The number of rotatable bonds is 6. The average Bonchev–Trinajstić information content (AvgIpc) is 2.31. The standard InChI is InChI=1S/C13H16F3OSi/c1-13(2,17-18)6-4-3-5-9-7-11(15)12(16)8-10(9)14/h7-8H,3-6H2,1-2H3. The normalized spacial score (nSPS) is 11.9. The lowest BCUT2D eigenvalue weighted by Gasteiger charge is -2.22. The van der Waals surface area contributed by atoms with Gasteiger partial charge in [-0.3, -0.25) is 0 Å². The third kappa shape index (κ3) is 4.46. The van der Waals surface area contributed by atoms with E-state index in [4.69, 9.17) is 4.43 Å². The molecule has 3 radical (unpaired) electrons. The number of unbranched alkanes of at least 4 members (excludes halogenated alkanes) is 1. The molecule has 1 rings (SSSR count). The summed E-state index contributed by atoms with van der Waals surface area (Å²) < 4.78 is 44.0. The van der Waals surface area contributed by atoms with Gasteiger partial charge in [-0.15, -0.1) is 0 Å². The van der Waals surface area contributed by atoms with Crippen molar-refractivity contribution in [2.45, 2.75) is 45.1 Å². The van der Waals surface area contributed by atoms with Crippen LogP contribution in [0.25, 0.3) is 0 Å². The third-order valence-electron chi connectivity index (χ3n) is 2.84. The first-order valence-corrected chi connectivity index (χ1v) is 6.25. The summed E-state index contributed by atoms with van der Waals surface area (Å²) in [6.45, 7) is 3.86. The first kappa shape index (κ1) is 15.2. The van der Waals surface area contributed by atoms with Crippen molar-refractivity contribution < 1.29 is 17.6 Å². The van der Waals surface area contributed by atoms with E-state index in [0.29, 0.717) is 18.9 Å². The number of aryl methyl sites for hydroxylation is 1. The molecule has 0 unspecified atom stereocenters. The van der Waals surface area contributed by atoms with Crippen molar-refractivity contribution in [2.24, 2.45) is 0 Å². The smallest absolute Gasteiger partial charge is 0.246 e. The molecule has 0 heterocycles. The molecule has 0 amide bonds. The Morgan fingerprint density at radius 2 is 1.67 bits per heavy atom. The highest BCUT2D eigenvalue weighted by Crippen LogP contribution is 2.19. The molecule has 0 aliphatic rings. The second kappa shape index (κ2) is 6.38. The maximum absolute atomic E-state index is 13.3. The quantitative estimate of drug-likeness (QED) is 0.436. The second-order valence-corrected chi connectivity index (χ2v) is 5.13. The summed E-state index contributed by atoms with van der Waals surface area (Å²) in [7, 11) is 2.99. The van der Waals surface area contributed by atoms with E-state index in [0.717, 1.165) is 18.9 Å². The zero-order valence-electron chi connectivity index (χ0n) is 10.5. The van der Waals surface area contributed by atoms with Gasteiger partial charge in [-0.2, -0.15) is 0 Å². The molecule has 0 saturated carbocycles. The van der Waals surface area contributed by atoms with Crippen molar-refractivity contribution in [1.82, 2.24) is 0 Å². The monoisotopic (exact) mass is 273 g/mol. The van der Waals surface area contributed by atoms with E-state index in [9.17, 15) is 13.2 Å². The van der Waals surface area contributed by atoms with Crippen molar-refractivity contribution >= 4 is 10.5 Å². The van der Waals surface area contributed by atoms with Crippen LogP contribution >= 0.6 is 0 Å². The molecule has 18 heavy (non-hydrogen) atoms. The minimum absolute atomic E-state index is 0.214. The van der Waals surface area contributed by atoms with E-state index in [2.05, 4.69) is 10.5 Å². The minimum Gasteiger partial charge on any atom is -0.414 e. The highest BCUT2D eigenvalue weighted by molar-refractivity contribution is 5.98. The van der Waals surface area contributed by atoms with Gasteiger partial charge in [-0.25, -0.2) is 13.2 Å². The molecule has 0 spiro atoms. The molecule has 99 valence electrons. The Kier molecular flexibility index (Phi) is 5.41. The van der Waals surface area contributed by atoms with Crippen LogP contribution in [0.4, 0.5) is 13.2 Å². The highest BCUT2D eigenvalue weighted by atomic mass is 28.2. The molecule has 1 nitrogen and oxygen atoms in total. The van der Waals surface area contributed by atoms with Gasteiger partial charge in [0.25, 0.3) is 0 Å².